The predicted molar refractivity (Wildman–Crippen MR) is 81.8 cm³/mol. The Bertz CT molecular complexity index is 683. The van der Waals surface area contributed by atoms with Crippen molar-refractivity contribution in [2.24, 2.45) is 0 Å². The van der Waals surface area contributed by atoms with Crippen LogP contribution in [-0.4, -0.2) is 27.3 Å². The Hall–Kier alpha value is -1.59. The van der Waals surface area contributed by atoms with Crippen molar-refractivity contribution < 1.29 is 9.53 Å². The molecule has 0 saturated heterocycles. The third kappa shape index (κ3) is 3.04. The second kappa shape index (κ2) is 6.45. The van der Waals surface area contributed by atoms with Gasteiger partial charge in [-0.05, 0) is 32.4 Å². The van der Waals surface area contributed by atoms with E-state index in [0.717, 1.165) is 11.1 Å². The molecule has 0 radical (unpaired) electrons. The number of nitrogens with zero attached hydrogens (tertiary/aromatic N) is 3. The van der Waals surface area contributed by atoms with Gasteiger partial charge < -0.3 is 4.74 Å². The lowest BCUT2D eigenvalue weighted by atomic mass is 10.1. The van der Waals surface area contributed by atoms with Crippen LogP contribution >= 0.6 is 23.2 Å². The highest BCUT2D eigenvalue weighted by molar-refractivity contribution is 6.36. The summed E-state index contributed by atoms with van der Waals surface area (Å²) in [5.41, 5.74) is 2.45. The summed E-state index contributed by atoms with van der Waals surface area (Å²) in [7, 11) is 0. The van der Waals surface area contributed by atoms with Crippen molar-refractivity contribution in [2.75, 3.05) is 6.61 Å². The largest absolute Gasteiger partial charge is 0.461 e. The maximum Gasteiger partial charge on any atom is 0.360 e. The Morgan fingerprint density at radius 2 is 2.10 bits per heavy atom. The van der Waals surface area contributed by atoms with Crippen LogP contribution in [-0.2, 0) is 11.3 Å². The Morgan fingerprint density at radius 3 is 2.67 bits per heavy atom. The highest BCUT2D eigenvalue weighted by atomic mass is 35.5. The van der Waals surface area contributed by atoms with Crippen LogP contribution < -0.4 is 0 Å². The number of hydrogen-bond acceptors (Lipinski definition) is 4. The van der Waals surface area contributed by atoms with E-state index in [2.05, 4.69) is 10.1 Å². The van der Waals surface area contributed by atoms with Crippen LogP contribution in [0.2, 0.25) is 10.2 Å². The molecule has 0 spiro atoms. The Morgan fingerprint density at radius 1 is 1.38 bits per heavy atom. The second-order valence-electron chi connectivity index (χ2n) is 4.37. The smallest absolute Gasteiger partial charge is 0.360 e. The van der Waals surface area contributed by atoms with E-state index in [-0.39, 0.29) is 17.3 Å². The summed E-state index contributed by atoms with van der Waals surface area (Å²) in [5, 5.41) is 4.91. The quantitative estimate of drug-likeness (QED) is 0.633. The molecule has 0 aliphatic carbocycles. The van der Waals surface area contributed by atoms with E-state index in [1.54, 1.807) is 23.9 Å². The van der Waals surface area contributed by atoms with Crippen molar-refractivity contribution in [1.82, 2.24) is 14.8 Å². The molecule has 0 aliphatic rings. The molecule has 0 saturated carbocycles. The van der Waals surface area contributed by atoms with Gasteiger partial charge in [0.25, 0.3) is 0 Å². The van der Waals surface area contributed by atoms with Crippen LogP contribution in [0.3, 0.4) is 0 Å². The molecule has 0 aromatic carbocycles. The highest BCUT2D eigenvalue weighted by Crippen LogP contribution is 2.33. The summed E-state index contributed by atoms with van der Waals surface area (Å²) in [6.45, 7) is 6.38. The first-order chi connectivity index (χ1) is 9.99. The normalized spacial score (nSPS) is 10.7. The average molecular weight is 328 g/mol. The molecule has 2 aromatic heterocycles. The number of esters is 1. The van der Waals surface area contributed by atoms with E-state index >= 15 is 0 Å². The molecular formula is C14H15Cl2N3O2. The molecule has 0 amide bonds. The first kappa shape index (κ1) is 15.8. The summed E-state index contributed by atoms with van der Waals surface area (Å²) in [5.74, 6) is -0.532. The number of carbonyl (C=O) groups excluding carboxylic acids is 1. The lowest BCUT2D eigenvalue weighted by Crippen LogP contribution is -2.07. The van der Waals surface area contributed by atoms with Gasteiger partial charge in [0, 0.05) is 18.3 Å². The Balaban J connectivity index is 2.60. The Labute approximate surface area is 132 Å². The summed E-state index contributed by atoms with van der Waals surface area (Å²) in [6.07, 6.45) is 1.63. The lowest BCUT2D eigenvalue weighted by molar-refractivity contribution is 0.0518. The molecule has 2 heterocycles. The van der Waals surface area contributed by atoms with Crippen LogP contribution in [0.15, 0.2) is 12.3 Å². The van der Waals surface area contributed by atoms with Crippen LogP contribution in [0.25, 0.3) is 11.3 Å². The number of pyridine rings is 1. The Kier molecular flexibility index (Phi) is 4.85. The number of aromatic nitrogens is 3. The lowest BCUT2D eigenvalue weighted by Gasteiger charge is -2.08. The van der Waals surface area contributed by atoms with Gasteiger partial charge in [-0.15, -0.1) is 0 Å². The van der Waals surface area contributed by atoms with Gasteiger partial charge in [-0.3, -0.25) is 4.68 Å². The molecular weight excluding hydrogens is 313 g/mol. The van der Waals surface area contributed by atoms with Crippen molar-refractivity contribution in [3.8, 4) is 11.3 Å². The van der Waals surface area contributed by atoms with Gasteiger partial charge in [0.15, 0.2) is 5.69 Å². The standard InChI is InChI=1S/C14H15Cl2N3O2/c1-4-19-13(9-7-17-10(15)6-8(9)3)11(16)12(18-19)14(20)21-5-2/h6-7H,4-5H2,1-3H3. The molecule has 21 heavy (non-hydrogen) atoms. The van der Waals surface area contributed by atoms with Gasteiger partial charge in [0.05, 0.1) is 12.3 Å². The number of hydrogen-bond donors (Lipinski definition) is 0. The summed E-state index contributed by atoms with van der Waals surface area (Å²) in [6, 6.07) is 1.74. The van der Waals surface area contributed by atoms with Crippen molar-refractivity contribution in [3.05, 3.63) is 33.7 Å². The van der Waals surface area contributed by atoms with Gasteiger partial charge in [-0.2, -0.15) is 5.10 Å². The molecule has 2 aromatic rings. The minimum absolute atomic E-state index is 0.115. The molecule has 0 aliphatic heterocycles. The zero-order chi connectivity index (χ0) is 15.6. The maximum absolute atomic E-state index is 11.9. The SMILES string of the molecule is CCOC(=O)c1nn(CC)c(-c2cnc(Cl)cc2C)c1Cl. The molecule has 5 nitrogen and oxygen atoms in total. The number of halogens is 2. The van der Waals surface area contributed by atoms with E-state index in [4.69, 9.17) is 27.9 Å². The van der Waals surface area contributed by atoms with E-state index in [0.29, 0.717) is 17.4 Å². The van der Waals surface area contributed by atoms with Crippen LogP contribution in [0, 0.1) is 6.92 Å². The van der Waals surface area contributed by atoms with E-state index in [9.17, 15) is 4.79 Å². The van der Waals surface area contributed by atoms with Crippen LogP contribution in [0.5, 0.6) is 0 Å². The zero-order valence-electron chi connectivity index (χ0n) is 12.0. The molecule has 112 valence electrons. The molecule has 7 heteroatoms. The number of carbonyl (C=O) groups is 1. The minimum atomic E-state index is -0.532. The van der Waals surface area contributed by atoms with Gasteiger partial charge in [0.1, 0.15) is 10.2 Å². The fourth-order valence-electron chi connectivity index (χ4n) is 2.03. The number of rotatable bonds is 4. The van der Waals surface area contributed by atoms with E-state index in [1.807, 2.05) is 13.8 Å². The fourth-order valence-corrected chi connectivity index (χ4v) is 2.55. The molecule has 0 unspecified atom stereocenters. The van der Waals surface area contributed by atoms with Gasteiger partial charge in [-0.1, -0.05) is 23.2 Å². The van der Waals surface area contributed by atoms with Gasteiger partial charge in [-0.25, -0.2) is 9.78 Å². The molecule has 0 bridgehead atoms. The zero-order valence-corrected chi connectivity index (χ0v) is 13.5. The minimum Gasteiger partial charge on any atom is -0.461 e. The highest BCUT2D eigenvalue weighted by Gasteiger charge is 2.24. The van der Waals surface area contributed by atoms with Gasteiger partial charge in [0.2, 0.25) is 0 Å². The van der Waals surface area contributed by atoms with Crippen molar-refractivity contribution >= 4 is 29.2 Å². The average Bonchev–Trinajstić information content (AvgIpc) is 2.76. The number of ether oxygens (including phenoxy) is 1. The summed E-state index contributed by atoms with van der Waals surface area (Å²) >= 11 is 12.2. The molecule has 0 fully saturated rings. The second-order valence-corrected chi connectivity index (χ2v) is 5.13. The molecule has 0 N–H and O–H groups in total. The van der Waals surface area contributed by atoms with Crippen LogP contribution in [0.4, 0.5) is 0 Å². The van der Waals surface area contributed by atoms with Crippen molar-refractivity contribution in [1.29, 1.82) is 0 Å². The first-order valence-electron chi connectivity index (χ1n) is 6.55. The third-order valence-electron chi connectivity index (χ3n) is 3.00. The topological polar surface area (TPSA) is 57.0 Å². The van der Waals surface area contributed by atoms with E-state index in [1.165, 1.54) is 0 Å². The summed E-state index contributed by atoms with van der Waals surface area (Å²) < 4.78 is 6.63. The van der Waals surface area contributed by atoms with E-state index < -0.39 is 5.97 Å². The first-order valence-corrected chi connectivity index (χ1v) is 7.31. The summed E-state index contributed by atoms with van der Waals surface area (Å²) in [4.78, 5) is 16.0. The van der Waals surface area contributed by atoms with Gasteiger partial charge >= 0.3 is 5.97 Å². The maximum atomic E-state index is 11.9. The fraction of sp³-hybridized carbons (Fsp3) is 0.357. The molecule has 0 atom stereocenters. The molecule has 2 rings (SSSR count). The van der Waals surface area contributed by atoms with Crippen molar-refractivity contribution in [3.63, 3.8) is 0 Å². The monoisotopic (exact) mass is 327 g/mol. The van der Waals surface area contributed by atoms with Crippen molar-refractivity contribution in [2.45, 2.75) is 27.3 Å². The number of aryl methyl sites for hydroxylation is 2. The predicted octanol–water partition coefficient (Wildman–Crippen LogP) is 3.76. The van der Waals surface area contributed by atoms with Crippen LogP contribution in [0.1, 0.15) is 29.9 Å². The third-order valence-corrected chi connectivity index (χ3v) is 3.56.